The van der Waals surface area contributed by atoms with E-state index in [1.807, 2.05) is 0 Å². The van der Waals surface area contributed by atoms with Crippen molar-refractivity contribution in [3.8, 4) is 0 Å². The van der Waals surface area contributed by atoms with Crippen LogP contribution in [0.2, 0.25) is 0 Å². The van der Waals surface area contributed by atoms with Gasteiger partial charge in [-0.05, 0) is 26.0 Å². The normalized spacial score (nSPS) is 26.9. The van der Waals surface area contributed by atoms with Gasteiger partial charge in [0.15, 0.2) is 11.5 Å². The number of nitrogens with zero attached hydrogens (tertiary/aromatic N) is 3. The molecule has 2 N–H and O–H groups in total. The fraction of sp³-hybridized carbons (Fsp3) is 0.500. The first-order chi connectivity index (χ1) is 15.1. The molecule has 0 aromatic carbocycles. The molecule has 2 aromatic heterocycles. The zero-order valence-electron chi connectivity index (χ0n) is 17.3. The number of halogens is 3. The summed E-state index contributed by atoms with van der Waals surface area (Å²) in [6.45, 7) is 3.71. The second-order valence-electron chi connectivity index (χ2n) is 7.90. The number of fused-ring (bicyclic) bond motifs is 1. The molecule has 2 aliphatic heterocycles. The molecule has 2 aromatic rings. The topological polar surface area (TPSA) is 107 Å². The minimum absolute atomic E-state index is 0.0533. The lowest BCUT2D eigenvalue weighted by molar-refractivity contribution is -0.153. The minimum Gasteiger partial charge on any atom is -0.371 e. The van der Waals surface area contributed by atoms with Crippen molar-refractivity contribution in [2.45, 2.75) is 50.2 Å². The van der Waals surface area contributed by atoms with Crippen molar-refractivity contribution in [2.24, 2.45) is 0 Å². The van der Waals surface area contributed by atoms with Gasteiger partial charge < -0.3 is 24.8 Å². The minimum atomic E-state index is -4.61. The highest BCUT2D eigenvalue weighted by Gasteiger charge is 2.52. The zero-order valence-corrected chi connectivity index (χ0v) is 17.3. The van der Waals surface area contributed by atoms with Crippen molar-refractivity contribution in [2.75, 3.05) is 18.5 Å². The summed E-state index contributed by atoms with van der Waals surface area (Å²) < 4.78 is 56.7. The van der Waals surface area contributed by atoms with Crippen LogP contribution in [0.5, 0.6) is 0 Å². The summed E-state index contributed by atoms with van der Waals surface area (Å²) in [7, 11) is 0. The van der Waals surface area contributed by atoms with Gasteiger partial charge in [0, 0.05) is 12.7 Å². The van der Waals surface area contributed by atoms with Gasteiger partial charge in [-0.2, -0.15) is 13.2 Å². The Hall–Kier alpha value is -2.83. The molecular weight excluding hydrogens is 431 g/mol. The van der Waals surface area contributed by atoms with Crippen molar-refractivity contribution in [3.05, 3.63) is 48.2 Å². The van der Waals surface area contributed by atoms with Gasteiger partial charge in [-0.25, -0.2) is 4.98 Å². The SMILES string of the molecule is CC1(C)O[C@@H]2[C@H](O1)[C@@H](Nc1cncc(C(F)(F)F)n1)CO[C@@H]2CNC(=O)c1ccccn1. The van der Waals surface area contributed by atoms with Crippen molar-refractivity contribution < 1.29 is 32.2 Å². The first-order valence-corrected chi connectivity index (χ1v) is 9.95. The van der Waals surface area contributed by atoms with Crippen LogP contribution in [0, 0.1) is 0 Å². The maximum absolute atomic E-state index is 12.9. The van der Waals surface area contributed by atoms with Gasteiger partial charge in [0.2, 0.25) is 0 Å². The van der Waals surface area contributed by atoms with Crippen molar-refractivity contribution in [1.29, 1.82) is 0 Å². The van der Waals surface area contributed by atoms with E-state index in [9.17, 15) is 18.0 Å². The summed E-state index contributed by atoms with van der Waals surface area (Å²) in [6.07, 6.45) is -2.88. The Kier molecular flexibility index (Phi) is 6.01. The number of amides is 1. The number of hydrogen-bond donors (Lipinski definition) is 2. The molecule has 0 aliphatic carbocycles. The van der Waals surface area contributed by atoms with Gasteiger partial charge in [0.25, 0.3) is 5.91 Å². The van der Waals surface area contributed by atoms with Crippen molar-refractivity contribution >= 4 is 11.7 Å². The lowest BCUT2D eigenvalue weighted by Gasteiger charge is -2.37. The number of alkyl halides is 3. The Morgan fingerprint density at radius 1 is 1.22 bits per heavy atom. The smallest absolute Gasteiger partial charge is 0.371 e. The van der Waals surface area contributed by atoms with Gasteiger partial charge >= 0.3 is 6.18 Å². The lowest BCUT2D eigenvalue weighted by atomic mass is 9.98. The largest absolute Gasteiger partial charge is 0.434 e. The number of carbonyl (C=O) groups excluding carboxylic acids is 1. The van der Waals surface area contributed by atoms with Gasteiger partial charge in [-0.15, -0.1) is 0 Å². The van der Waals surface area contributed by atoms with Crippen LogP contribution in [0.3, 0.4) is 0 Å². The van der Waals surface area contributed by atoms with Gasteiger partial charge in [-0.3, -0.25) is 14.8 Å². The highest BCUT2D eigenvalue weighted by Crippen LogP contribution is 2.36. The van der Waals surface area contributed by atoms with E-state index in [0.29, 0.717) is 6.20 Å². The van der Waals surface area contributed by atoms with Gasteiger partial charge in [0.05, 0.1) is 25.0 Å². The van der Waals surface area contributed by atoms with Crippen LogP contribution in [0.4, 0.5) is 19.0 Å². The van der Waals surface area contributed by atoms with Crippen LogP contribution >= 0.6 is 0 Å². The third-order valence-corrected chi connectivity index (χ3v) is 5.04. The van der Waals surface area contributed by atoms with E-state index >= 15 is 0 Å². The Bertz CT molecular complexity index is 960. The lowest BCUT2D eigenvalue weighted by Crippen LogP contribution is -2.57. The molecule has 1 amide bonds. The van der Waals surface area contributed by atoms with E-state index in [2.05, 4.69) is 25.6 Å². The van der Waals surface area contributed by atoms with Gasteiger partial charge in [-0.1, -0.05) is 6.07 Å². The Labute approximate surface area is 181 Å². The molecule has 2 aliphatic rings. The molecule has 172 valence electrons. The van der Waals surface area contributed by atoms with Crippen LogP contribution in [-0.2, 0) is 20.4 Å². The molecule has 32 heavy (non-hydrogen) atoms. The number of hydrogen-bond acceptors (Lipinski definition) is 8. The molecule has 2 saturated heterocycles. The molecule has 0 saturated carbocycles. The number of carbonyl (C=O) groups is 1. The van der Waals surface area contributed by atoms with Crippen LogP contribution < -0.4 is 10.6 Å². The van der Waals surface area contributed by atoms with E-state index in [1.54, 1.807) is 32.0 Å². The molecule has 4 heterocycles. The first-order valence-electron chi connectivity index (χ1n) is 9.95. The highest BCUT2D eigenvalue weighted by molar-refractivity contribution is 5.92. The Balaban J connectivity index is 1.44. The summed E-state index contributed by atoms with van der Waals surface area (Å²) in [5.74, 6) is -1.35. The van der Waals surface area contributed by atoms with Crippen LogP contribution in [0.15, 0.2) is 36.8 Å². The summed E-state index contributed by atoms with van der Waals surface area (Å²) in [4.78, 5) is 23.5. The molecule has 0 spiro atoms. The maximum atomic E-state index is 12.9. The number of aromatic nitrogens is 3. The molecule has 2 fully saturated rings. The molecular formula is C20H22F3N5O4. The summed E-state index contributed by atoms with van der Waals surface area (Å²) in [6, 6.07) is 4.47. The second-order valence-corrected chi connectivity index (χ2v) is 7.90. The summed E-state index contributed by atoms with van der Waals surface area (Å²) >= 11 is 0. The van der Waals surface area contributed by atoms with Crippen LogP contribution in [-0.4, -0.2) is 64.2 Å². The molecule has 0 radical (unpaired) electrons. The van der Waals surface area contributed by atoms with E-state index in [1.165, 1.54) is 12.4 Å². The average Bonchev–Trinajstić information content (AvgIpc) is 3.09. The summed E-state index contributed by atoms with van der Waals surface area (Å²) in [5.41, 5.74) is -0.832. The highest BCUT2D eigenvalue weighted by atomic mass is 19.4. The van der Waals surface area contributed by atoms with Crippen molar-refractivity contribution in [1.82, 2.24) is 20.3 Å². The molecule has 4 atom stereocenters. The third kappa shape index (κ3) is 4.97. The standard InChI is InChI=1S/C20H22F3N5O4/c1-19(2)31-16-12(27-15-9-24-8-14(28-15)20(21,22)23)10-30-13(17(16)32-19)7-26-18(29)11-5-3-4-6-25-11/h3-6,8-9,12-13,16-17H,7,10H2,1-2H3,(H,26,29)(H,27,28)/t12-,13+,16+,17-/m0/s1. The van der Waals surface area contributed by atoms with Crippen molar-refractivity contribution in [3.63, 3.8) is 0 Å². The first kappa shape index (κ1) is 22.4. The maximum Gasteiger partial charge on any atom is 0.434 e. The number of anilines is 1. The van der Waals surface area contributed by atoms with E-state index < -0.39 is 42.0 Å². The molecule has 0 unspecified atom stereocenters. The van der Waals surface area contributed by atoms with Crippen LogP contribution in [0.1, 0.15) is 30.0 Å². The Morgan fingerprint density at radius 2 is 2.00 bits per heavy atom. The van der Waals surface area contributed by atoms with E-state index in [-0.39, 0.29) is 30.6 Å². The number of pyridine rings is 1. The quantitative estimate of drug-likeness (QED) is 0.708. The van der Waals surface area contributed by atoms with Gasteiger partial charge in [0.1, 0.15) is 29.8 Å². The van der Waals surface area contributed by atoms with E-state index in [4.69, 9.17) is 14.2 Å². The molecule has 4 rings (SSSR count). The number of nitrogens with one attached hydrogen (secondary N) is 2. The molecule has 12 heteroatoms. The number of rotatable bonds is 5. The number of ether oxygens (including phenoxy) is 3. The fourth-order valence-electron chi connectivity index (χ4n) is 3.67. The third-order valence-electron chi connectivity index (χ3n) is 5.04. The zero-order chi connectivity index (χ0) is 22.9. The predicted molar refractivity (Wildman–Crippen MR) is 105 cm³/mol. The Morgan fingerprint density at radius 3 is 2.72 bits per heavy atom. The summed E-state index contributed by atoms with van der Waals surface area (Å²) in [5, 5.41) is 5.68. The molecule has 9 nitrogen and oxygen atoms in total. The monoisotopic (exact) mass is 453 g/mol. The average molecular weight is 453 g/mol. The second kappa shape index (κ2) is 8.60. The fourth-order valence-corrected chi connectivity index (χ4v) is 3.67. The van der Waals surface area contributed by atoms with Crippen LogP contribution in [0.25, 0.3) is 0 Å². The molecule has 0 bridgehead atoms. The van der Waals surface area contributed by atoms with E-state index in [0.717, 1.165) is 0 Å². The predicted octanol–water partition coefficient (Wildman–Crippen LogP) is 2.02.